The number of hydrogen-bond acceptors (Lipinski definition) is 0. The van der Waals surface area contributed by atoms with Gasteiger partial charge in [-0.1, -0.05) is 56.3 Å². The molecule has 1 aliphatic rings. The number of allylic oxidation sites excluding steroid dienone is 4. The van der Waals surface area contributed by atoms with E-state index in [0.717, 1.165) is 0 Å². The first kappa shape index (κ1) is 10.2. The van der Waals surface area contributed by atoms with Crippen LogP contribution in [0.4, 0.5) is 0 Å². The van der Waals surface area contributed by atoms with Crippen molar-refractivity contribution in [1.82, 2.24) is 0 Å². The second-order valence-corrected chi connectivity index (χ2v) is 4.38. The van der Waals surface area contributed by atoms with E-state index in [2.05, 4.69) is 56.3 Å². The largest absolute Gasteiger partial charge is 0.0836 e. The smallest absolute Gasteiger partial charge is 0.0153 e. The fraction of sp³-hybridized carbons (Fsp3) is 0.333. The minimum atomic E-state index is 0.595. The van der Waals surface area contributed by atoms with Crippen molar-refractivity contribution in [1.29, 1.82) is 0 Å². The lowest BCUT2D eigenvalue weighted by Gasteiger charge is -2.15. The highest BCUT2D eigenvalue weighted by molar-refractivity contribution is 5.77. The highest BCUT2D eigenvalue weighted by Crippen LogP contribution is 2.28. The Morgan fingerprint density at radius 2 is 1.87 bits per heavy atom. The summed E-state index contributed by atoms with van der Waals surface area (Å²) in [5.41, 5.74) is 4.25. The summed E-state index contributed by atoms with van der Waals surface area (Å²) in [6.07, 6.45) is 9.24. The monoisotopic (exact) mass is 198 g/mol. The maximum Gasteiger partial charge on any atom is -0.0153 e. The molecule has 0 unspecified atom stereocenters. The van der Waals surface area contributed by atoms with Crippen molar-refractivity contribution in [2.75, 3.05) is 0 Å². The summed E-state index contributed by atoms with van der Waals surface area (Å²) >= 11 is 0. The molecule has 0 aromatic heterocycles. The first-order valence-corrected chi connectivity index (χ1v) is 5.75. The molecule has 15 heavy (non-hydrogen) atoms. The topological polar surface area (TPSA) is 0 Å². The molecule has 0 spiro atoms. The summed E-state index contributed by atoms with van der Waals surface area (Å²) in [5, 5.41) is 0. The molecule has 78 valence electrons. The Hall–Kier alpha value is -1.30. The van der Waals surface area contributed by atoms with Gasteiger partial charge in [-0.25, -0.2) is 0 Å². The molecule has 0 heteroatoms. The normalized spacial score (nSPS) is 15.5. The SMILES string of the molecule is CC(C)c1ccccc1C1=CCCC=C1. The van der Waals surface area contributed by atoms with Crippen molar-refractivity contribution in [3.63, 3.8) is 0 Å². The Kier molecular flexibility index (Phi) is 3.05. The molecule has 0 fully saturated rings. The highest BCUT2D eigenvalue weighted by Gasteiger charge is 2.08. The van der Waals surface area contributed by atoms with Crippen LogP contribution in [0.1, 0.15) is 43.7 Å². The van der Waals surface area contributed by atoms with Crippen LogP contribution >= 0.6 is 0 Å². The molecule has 1 aromatic carbocycles. The second kappa shape index (κ2) is 4.48. The van der Waals surface area contributed by atoms with Gasteiger partial charge in [0, 0.05) is 0 Å². The lowest BCUT2D eigenvalue weighted by molar-refractivity contribution is 0.862. The fourth-order valence-corrected chi connectivity index (χ4v) is 2.08. The zero-order valence-electron chi connectivity index (χ0n) is 9.53. The molecule has 0 amide bonds. The van der Waals surface area contributed by atoms with Gasteiger partial charge in [-0.2, -0.15) is 0 Å². The van der Waals surface area contributed by atoms with Gasteiger partial charge in [0.1, 0.15) is 0 Å². The average molecular weight is 198 g/mol. The molecule has 0 N–H and O–H groups in total. The number of rotatable bonds is 2. The van der Waals surface area contributed by atoms with Crippen molar-refractivity contribution in [3.05, 3.63) is 53.6 Å². The summed E-state index contributed by atoms with van der Waals surface area (Å²) < 4.78 is 0. The van der Waals surface area contributed by atoms with Crippen molar-refractivity contribution < 1.29 is 0 Å². The van der Waals surface area contributed by atoms with Crippen molar-refractivity contribution >= 4 is 5.57 Å². The molecule has 0 saturated carbocycles. The zero-order valence-corrected chi connectivity index (χ0v) is 9.53. The standard InChI is InChI=1S/C15H18/c1-12(2)14-10-6-7-11-15(14)13-8-4-3-5-9-13/h4,6-12H,3,5H2,1-2H3. The van der Waals surface area contributed by atoms with Gasteiger partial charge in [0.15, 0.2) is 0 Å². The molecule has 1 aromatic rings. The van der Waals surface area contributed by atoms with E-state index in [-0.39, 0.29) is 0 Å². The van der Waals surface area contributed by atoms with Gasteiger partial charge in [-0.3, -0.25) is 0 Å². The van der Waals surface area contributed by atoms with Crippen LogP contribution in [0.15, 0.2) is 42.5 Å². The van der Waals surface area contributed by atoms with E-state index in [9.17, 15) is 0 Å². The second-order valence-electron chi connectivity index (χ2n) is 4.38. The third-order valence-electron chi connectivity index (χ3n) is 2.89. The van der Waals surface area contributed by atoms with Crippen LogP contribution in [0.25, 0.3) is 5.57 Å². The Morgan fingerprint density at radius 1 is 1.07 bits per heavy atom. The van der Waals surface area contributed by atoms with Gasteiger partial charge in [0.05, 0.1) is 0 Å². The lowest BCUT2D eigenvalue weighted by Crippen LogP contribution is -1.95. The van der Waals surface area contributed by atoms with E-state index in [1.54, 1.807) is 0 Å². The van der Waals surface area contributed by atoms with Crippen LogP contribution in [0.2, 0.25) is 0 Å². The summed E-state index contributed by atoms with van der Waals surface area (Å²) in [4.78, 5) is 0. The fourth-order valence-electron chi connectivity index (χ4n) is 2.08. The van der Waals surface area contributed by atoms with Crippen molar-refractivity contribution in [2.45, 2.75) is 32.6 Å². The van der Waals surface area contributed by atoms with Gasteiger partial charge in [-0.15, -0.1) is 0 Å². The van der Waals surface area contributed by atoms with Gasteiger partial charge in [-0.05, 0) is 35.5 Å². The summed E-state index contributed by atoms with van der Waals surface area (Å²) in [7, 11) is 0. The van der Waals surface area contributed by atoms with Crippen LogP contribution in [-0.4, -0.2) is 0 Å². The Balaban J connectivity index is 2.43. The molecule has 0 saturated heterocycles. The molecule has 0 atom stereocenters. The number of benzene rings is 1. The quantitative estimate of drug-likeness (QED) is 0.654. The van der Waals surface area contributed by atoms with Gasteiger partial charge in [0.25, 0.3) is 0 Å². The maximum absolute atomic E-state index is 2.35. The molecule has 0 heterocycles. The van der Waals surface area contributed by atoms with Gasteiger partial charge in [0.2, 0.25) is 0 Å². The van der Waals surface area contributed by atoms with Crippen LogP contribution in [0.5, 0.6) is 0 Å². The van der Waals surface area contributed by atoms with Gasteiger partial charge >= 0.3 is 0 Å². The third-order valence-corrected chi connectivity index (χ3v) is 2.89. The van der Waals surface area contributed by atoms with E-state index in [1.165, 1.54) is 29.5 Å². The Morgan fingerprint density at radius 3 is 2.53 bits per heavy atom. The highest BCUT2D eigenvalue weighted by atomic mass is 14.1. The number of hydrogen-bond donors (Lipinski definition) is 0. The third kappa shape index (κ3) is 2.20. The summed E-state index contributed by atoms with van der Waals surface area (Å²) in [6, 6.07) is 8.73. The van der Waals surface area contributed by atoms with Crippen LogP contribution in [-0.2, 0) is 0 Å². The minimum absolute atomic E-state index is 0.595. The molecule has 2 rings (SSSR count). The van der Waals surface area contributed by atoms with Crippen molar-refractivity contribution in [3.8, 4) is 0 Å². The molecule has 0 radical (unpaired) electrons. The Bertz CT molecular complexity index is 394. The molecule has 0 bridgehead atoms. The first-order chi connectivity index (χ1) is 7.29. The summed E-state index contributed by atoms with van der Waals surface area (Å²) in [6.45, 7) is 4.51. The van der Waals surface area contributed by atoms with Crippen molar-refractivity contribution in [2.24, 2.45) is 0 Å². The summed E-state index contributed by atoms with van der Waals surface area (Å²) in [5.74, 6) is 0.595. The van der Waals surface area contributed by atoms with Crippen LogP contribution in [0.3, 0.4) is 0 Å². The van der Waals surface area contributed by atoms with E-state index in [4.69, 9.17) is 0 Å². The van der Waals surface area contributed by atoms with E-state index < -0.39 is 0 Å². The minimum Gasteiger partial charge on any atom is -0.0836 e. The predicted octanol–water partition coefficient (Wildman–Crippen LogP) is 4.54. The van der Waals surface area contributed by atoms with E-state index in [0.29, 0.717) is 5.92 Å². The lowest BCUT2D eigenvalue weighted by atomic mass is 9.90. The molecule has 0 aliphatic heterocycles. The Labute approximate surface area is 92.3 Å². The molecular formula is C15H18. The molecular weight excluding hydrogens is 180 g/mol. The van der Waals surface area contributed by atoms with E-state index >= 15 is 0 Å². The molecule has 0 nitrogen and oxygen atoms in total. The van der Waals surface area contributed by atoms with Crippen LogP contribution < -0.4 is 0 Å². The first-order valence-electron chi connectivity index (χ1n) is 5.75. The molecule has 1 aliphatic carbocycles. The predicted molar refractivity (Wildman–Crippen MR) is 66.9 cm³/mol. The zero-order chi connectivity index (χ0) is 10.7. The van der Waals surface area contributed by atoms with E-state index in [1.807, 2.05) is 0 Å². The van der Waals surface area contributed by atoms with Crippen LogP contribution in [0, 0.1) is 0 Å². The van der Waals surface area contributed by atoms with Gasteiger partial charge < -0.3 is 0 Å². The maximum atomic E-state index is 2.35. The average Bonchev–Trinajstić information content (AvgIpc) is 2.30.